The summed E-state index contributed by atoms with van der Waals surface area (Å²) < 4.78 is 18.3. The van der Waals surface area contributed by atoms with Gasteiger partial charge in [0.1, 0.15) is 22.3 Å². The summed E-state index contributed by atoms with van der Waals surface area (Å²) in [5, 5.41) is 8.98. The fourth-order valence-corrected chi connectivity index (χ4v) is 9.67. The monoisotopic (exact) mass is 766 g/mol. The number of nitrogens with zero attached hydrogens (tertiary/aromatic N) is 2. The Morgan fingerprint density at radius 1 is 0.283 bits per heavy atom. The number of fused-ring (bicyclic) bond motifs is 8. The van der Waals surface area contributed by atoms with Crippen LogP contribution in [0, 0.1) is 0 Å². The first-order chi connectivity index (χ1) is 29.8. The summed E-state index contributed by atoms with van der Waals surface area (Å²) in [4.78, 5) is 0. The Hall–Kier alpha value is -8.08. The summed E-state index contributed by atoms with van der Waals surface area (Å²) in [5.74, 6) is 0. The molecule has 0 unspecified atom stereocenters. The molecule has 0 atom stereocenters. The third-order valence-electron chi connectivity index (χ3n) is 12.3. The van der Waals surface area contributed by atoms with Gasteiger partial charge >= 0.3 is 0 Å². The molecule has 3 aromatic heterocycles. The van der Waals surface area contributed by atoms with Crippen LogP contribution in [0.2, 0.25) is 0 Å². The average molecular weight is 767 g/mol. The van der Waals surface area contributed by atoms with Crippen LogP contribution in [0.4, 0.5) is 0 Å². The highest BCUT2D eigenvalue weighted by atomic mass is 16.3. The maximum atomic E-state index is 6.73. The second-order valence-electron chi connectivity index (χ2n) is 15.6. The molecule has 0 fully saturated rings. The quantitative estimate of drug-likeness (QED) is 0.179. The van der Waals surface area contributed by atoms with Crippen LogP contribution < -0.4 is 0 Å². The van der Waals surface area contributed by atoms with E-state index in [0.717, 1.165) is 121 Å². The minimum atomic E-state index is 0.881. The zero-order valence-corrected chi connectivity index (χ0v) is 32.3. The molecular weight excluding hydrogens is 733 g/mol. The van der Waals surface area contributed by atoms with Crippen molar-refractivity contribution in [3.05, 3.63) is 206 Å². The zero-order valence-electron chi connectivity index (χ0n) is 32.3. The first kappa shape index (κ1) is 32.9. The van der Waals surface area contributed by atoms with Gasteiger partial charge in [-0.25, -0.2) is 0 Å². The Balaban J connectivity index is 1.26. The number of hydrogen-bond donors (Lipinski definition) is 0. The van der Waals surface area contributed by atoms with Crippen molar-refractivity contribution in [2.24, 2.45) is 0 Å². The predicted octanol–water partition coefficient (Wildman–Crippen LogP) is 15.6. The van der Waals surface area contributed by atoms with Crippen molar-refractivity contribution in [3.8, 4) is 33.6 Å². The number of rotatable bonds is 4. The number of aromatic nitrogens is 2. The summed E-state index contributed by atoms with van der Waals surface area (Å²) in [6.07, 6.45) is 0. The average Bonchev–Trinajstić information content (AvgIpc) is 3.89. The van der Waals surface area contributed by atoms with E-state index >= 15 is 0 Å². The Kier molecular flexibility index (Phi) is 6.98. The maximum Gasteiger partial charge on any atom is 0.143 e. The number of furan rings is 2. The van der Waals surface area contributed by atoms with Gasteiger partial charge in [0.25, 0.3) is 0 Å². The molecule has 0 aliphatic heterocycles. The second-order valence-corrected chi connectivity index (χ2v) is 15.6. The lowest BCUT2D eigenvalue weighted by atomic mass is 9.95. The van der Waals surface area contributed by atoms with E-state index in [1.165, 1.54) is 0 Å². The van der Waals surface area contributed by atoms with Crippen molar-refractivity contribution < 1.29 is 8.83 Å². The minimum Gasteiger partial charge on any atom is -0.455 e. The molecule has 0 saturated heterocycles. The Morgan fingerprint density at radius 3 is 1.15 bits per heavy atom. The highest BCUT2D eigenvalue weighted by molar-refractivity contribution is 6.17. The Bertz CT molecular complexity index is 3630. The molecule has 280 valence electrons. The van der Waals surface area contributed by atoms with E-state index in [-0.39, 0.29) is 0 Å². The number of hydrogen-bond acceptors (Lipinski definition) is 2. The second kappa shape index (κ2) is 12.7. The van der Waals surface area contributed by atoms with Crippen LogP contribution >= 0.6 is 0 Å². The van der Waals surface area contributed by atoms with E-state index in [0.29, 0.717) is 0 Å². The molecule has 0 N–H and O–H groups in total. The zero-order chi connectivity index (χ0) is 39.3. The van der Waals surface area contributed by atoms with Crippen molar-refractivity contribution in [2.45, 2.75) is 0 Å². The number of para-hydroxylation sites is 6. The van der Waals surface area contributed by atoms with Gasteiger partial charge < -0.3 is 18.0 Å². The predicted molar refractivity (Wildman–Crippen MR) is 249 cm³/mol. The first-order valence-electron chi connectivity index (χ1n) is 20.4. The molecule has 0 amide bonds. The topological polar surface area (TPSA) is 36.1 Å². The normalized spacial score (nSPS) is 12.0. The molecule has 0 aliphatic carbocycles. The van der Waals surface area contributed by atoms with Crippen LogP contribution in [-0.2, 0) is 0 Å². The fraction of sp³-hybridized carbons (Fsp3) is 0. The molecule has 0 aliphatic rings. The largest absolute Gasteiger partial charge is 0.455 e. The van der Waals surface area contributed by atoms with E-state index in [1.54, 1.807) is 0 Å². The van der Waals surface area contributed by atoms with E-state index in [1.807, 2.05) is 12.1 Å². The molecule has 3 heterocycles. The third-order valence-corrected chi connectivity index (χ3v) is 12.3. The van der Waals surface area contributed by atoms with Crippen LogP contribution in [0.25, 0.3) is 121 Å². The molecule has 0 saturated carbocycles. The summed E-state index contributed by atoms with van der Waals surface area (Å²) in [7, 11) is 0. The molecular formula is C56H34N2O2. The van der Waals surface area contributed by atoms with Gasteiger partial charge in [0.2, 0.25) is 0 Å². The van der Waals surface area contributed by atoms with Crippen LogP contribution in [0.3, 0.4) is 0 Å². The lowest BCUT2D eigenvalue weighted by molar-refractivity contribution is 0.669. The van der Waals surface area contributed by atoms with Gasteiger partial charge in [-0.1, -0.05) is 146 Å². The van der Waals surface area contributed by atoms with Crippen LogP contribution in [0.5, 0.6) is 0 Å². The molecule has 13 rings (SSSR count). The third kappa shape index (κ3) is 4.79. The van der Waals surface area contributed by atoms with E-state index in [4.69, 9.17) is 8.83 Å². The van der Waals surface area contributed by atoms with Gasteiger partial charge in [-0.15, -0.1) is 0 Å². The highest BCUT2D eigenvalue weighted by Crippen LogP contribution is 2.44. The summed E-state index contributed by atoms with van der Waals surface area (Å²) >= 11 is 0. The van der Waals surface area contributed by atoms with Gasteiger partial charge in [0.05, 0.1) is 11.0 Å². The highest BCUT2D eigenvalue weighted by Gasteiger charge is 2.21. The minimum absolute atomic E-state index is 0.881. The smallest absolute Gasteiger partial charge is 0.143 e. The van der Waals surface area contributed by atoms with E-state index in [2.05, 4.69) is 203 Å². The number of benzene rings is 10. The van der Waals surface area contributed by atoms with Crippen LogP contribution in [0.15, 0.2) is 215 Å². The standard InChI is InChI=1S/C56H34N2O2/c1-3-13-37(14-4-1)57-39-29-25-36-28-32-44(48-22-12-20-46-42-18-8-10-24-52(42)60-56(46)48)54(50(36)33-39)58(38-15-5-2-6-16-38)40-30-26-35-27-31-43(53(57)49(35)34-40)47-21-11-19-45-41-17-7-9-23-51(41)59-55(45)47/h1-34H. The SMILES string of the molecule is c1ccc(-n2c3ccc4ccc(-c5cccc6c5oc5ccccc56)c(c4c3)n(-c3ccccc3)c3ccc4ccc(-c5cccc6c5oc5ccccc56)c2c4c3)cc1. The molecule has 4 heteroatoms. The van der Waals surface area contributed by atoms with Gasteiger partial charge in [-0.3, -0.25) is 0 Å². The lowest BCUT2D eigenvalue weighted by Gasteiger charge is -2.21. The molecule has 4 nitrogen and oxygen atoms in total. The molecule has 0 radical (unpaired) electrons. The van der Waals surface area contributed by atoms with Gasteiger partial charge in [0, 0.05) is 77.0 Å². The van der Waals surface area contributed by atoms with Crippen molar-refractivity contribution >= 4 is 87.5 Å². The van der Waals surface area contributed by atoms with Crippen LogP contribution in [-0.4, -0.2) is 9.13 Å². The van der Waals surface area contributed by atoms with Gasteiger partial charge in [-0.2, -0.15) is 0 Å². The fourth-order valence-electron chi connectivity index (χ4n) is 9.67. The van der Waals surface area contributed by atoms with Crippen molar-refractivity contribution in [2.75, 3.05) is 0 Å². The Morgan fingerprint density at radius 2 is 0.683 bits per heavy atom. The molecule has 0 spiro atoms. The molecule has 60 heavy (non-hydrogen) atoms. The Labute approximate surface area is 344 Å². The van der Waals surface area contributed by atoms with Crippen molar-refractivity contribution in [1.82, 2.24) is 9.13 Å². The van der Waals surface area contributed by atoms with Crippen molar-refractivity contribution in [1.29, 1.82) is 0 Å². The molecule has 13 aromatic rings. The summed E-state index contributed by atoms with van der Waals surface area (Å²) in [6.45, 7) is 0. The molecule has 10 aromatic carbocycles. The van der Waals surface area contributed by atoms with Gasteiger partial charge in [-0.05, 0) is 71.4 Å². The van der Waals surface area contributed by atoms with E-state index < -0.39 is 0 Å². The van der Waals surface area contributed by atoms with Crippen molar-refractivity contribution in [3.63, 3.8) is 0 Å². The lowest BCUT2D eigenvalue weighted by Crippen LogP contribution is -2.03. The van der Waals surface area contributed by atoms with Gasteiger partial charge in [0.15, 0.2) is 0 Å². The van der Waals surface area contributed by atoms with Crippen LogP contribution in [0.1, 0.15) is 0 Å². The first-order valence-corrected chi connectivity index (χ1v) is 20.4. The maximum absolute atomic E-state index is 6.73. The van der Waals surface area contributed by atoms with E-state index in [9.17, 15) is 0 Å². The summed E-state index contributed by atoms with van der Waals surface area (Å²) in [5.41, 5.74) is 14.2. The molecule has 4 bridgehead atoms. The summed E-state index contributed by atoms with van der Waals surface area (Å²) in [6, 6.07) is 74.1.